The van der Waals surface area contributed by atoms with Crippen molar-refractivity contribution in [3.63, 3.8) is 0 Å². The van der Waals surface area contributed by atoms with E-state index in [0.717, 1.165) is 12.5 Å². The number of nitrogens with one attached hydrogen (secondary N) is 2. The Labute approximate surface area is 154 Å². The number of rotatable bonds is 7. The maximum absolute atomic E-state index is 12.2. The molecular weight excluding hydrogens is 330 g/mol. The summed E-state index contributed by atoms with van der Waals surface area (Å²) in [5.74, 6) is 1.32. The number of ether oxygens (including phenoxy) is 1. The van der Waals surface area contributed by atoms with Crippen LogP contribution in [0.4, 0.5) is 0 Å². The molecule has 140 valence electrons. The highest BCUT2D eigenvalue weighted by Gasteiger charge is 2.09. The van der Waals surface area contributed by atoms with Crippen LogP contribution >= 0.6 is 0 Å². The third-order valence-electron chi connectivity index (χ3n) is 4.05. The van der Waals surface area contributed by atoms with Gasteiger partial charge in [0.25, 0.3) is 5.91 Å². The van der Waals surface area contributed by atoms with Crippen LogP contribution in [0.5, 0.6) is 5.75 Å². The molecule has 1 amide bonds. The summed E-state index contributed by atoms with van der Waals surface area (Å²) in [4.78, 5) is 18.5. The van der Waals surface area contributed by atoms with Gasteiger partial charge in [0.2, 0.25) is 0 Å². The van der Waals surface area contributed by atoms with Crippen molar-refractivity contribution in [3.8, 4) is 5.75 Å². The first kappa shape index (κ1) is 19.4. The van der Waals surface area contributed by atoms with E-state index in [2.05, 4.69) is 26.3 Å². The predicted molar refractivity (Wildman–Crippen MR) is 104 cm³/mol. The van der Waals surface area contributed by atoms with Crippen LogP contribution in [-0.2, 0) is 13.6 Å². The van der Waals surface area contributed by atoms with Gasteiger partial charge in [-0.2, -0.15) is 0 Å². The van der Waals surface area contributed by atoms with Crippen molar-refractivity contribution < 1.29 is 9.53 Å². The summed E-state index contributed by atoms with van der Waals surface area (Å²) in [6, 6.07) is 11.2. The lowest BCUT2D eigenvalue weighted by Crippen LogP contribution is -2.42. The van der Waals surface area contributed by atoms with Crippen LogP contribution in [-0.4, -0.2) is 55.6 Å². The Morgan fingerprint density at radius 2 is 2.00 bits per heavy atom. The van der Waals surface area contributed by atoms with E-state index in [0.29, 0.717) is 24.4 Å². The van der Waals surface area contributed by atoms with Gasteiger partial charge in [-0.1, -0.05) is 6.07 Å². The van der Waals surface area contributed by atoms with Crippen LogP contribution in [0.25, 0.3) is 0 Å². The second-order valence-electron chi connectivity index (χ2n) is 5.93. The van der Waals surface area contributed by atoms with Crippen LogP contribution in [0.3, 0.4) is 0 Å². The van der Waals surface area contributed by atoms with Crippen LogP contribution < -0.4 is 15.4 Å². The molecule has 7 heteroatoms. The van der Waals surface area contributed by atoms with E-state index in [4.69, 9.17) is 4.74 Å². The number of aliphatic imine (C=N–C) groups is 1. The zero-order chi connectivity index (χ0) is 18.9. The van der Waals surface area contributed by atoms with E-state index >= 15 is 0 Å². The molecule has 0 fully saturated rings. The number of amides is 1. The Bertz CT molecular complexity index is 754. The van der Waals surface area contributed by atoms with E-state index in [-0.39, 0.29) is 5.91 Å². The lowest BCUT2D eigenvalue weighted by molar-refractivity contribution is 0.0954. The van der Waals surface area contributed by atoms with Crippen molar-refractivity contribution in [2.45, 2.75) is 6.54 Å². The fourth-order valence-corrected chi connectivity index (χ4v) is 2.58. The number of hydrogen-bond acceptors (Lipinski definition) is 3. The highest BCUT2D eigenvalue weighted by molar-refractivity contribution is 5.94. The summed E-state index contributed by atoms with van der Waals surface area (Å²) in [6.07, 6.45) is 2.02. The number of aryl methyl sites for hydroxylation is 1. The van der Waals surface area contributed by atoms with Crippen molar-refractivity contribution >= 4 is 11.9 Å². The number of benzene rings is 1. The molecule has 0 radical (unpaired) electrons. The number of guanidine groups is 1. The lowest BCUT2D eigenvalue weighted by atomic mass is 10.2. The minimum absolute atomic E-state index is 0.127. The first-order valence-electron chi connectivity index (χ1n) is 8.49. The van der Waals surface area contributed by atoms with Crippen molar-refractivity contribution in [2.75, 3.05) is 34.3 Å². The van der Waals surface area contributed by atoms with Crippen LogP contribution in [0.2, 0.25) is 0 Å². The van der Waals surface area contributed by atoms with Gasteiger partial charge < -0.3 is 24.8 Å². The molecule has 0 unspecified atom stereocenters. The van der Waals surface area contributed by atoms with Gasteiger partial charge in [0.05, 0.1) is 13.7 Å². The Hall–Kier alpha value is -2.96. The van der Waals surface area contributed by atoms with Gasteiger partial charge in [-0.3, -0.25) is 9.79 Å². The van der Waals surface area contributed by atoms with E-state index in [1.165, 1.54) is 5.69 Å². The second kappa shape index (κ2) is 9.50. The molecule has 0 aliphatic rings. The summed E-state index contributed by atoms with van der Waals surface area (Å²) in [6.45, 7) is 1.83. The van der Waals surface area contributed by atoms with Gasteiger partial charge in [0.1, 0.15) is 5.75 Å². The van der Waals surface area contributed by atoms with E-state index in [1.807, 2.05) is 37.3 Å². The Morgan fingerprint density at radius 3 is 2.65 bits per heavy atom. The zero-order valence-corrected chi connectivity index (χ0v) is 15.8. The molecular formula is C19H27N5O2. The quantitative estimate of drug-likeness (QED) is 0.447. The van der Waals surface area contributed by atoms with Gasteiger partial charge in [0, 0.05) is 51.7 Å². The molecule has 0 aliphatic heterocycles. The highest BCUT2D eigenvalue weighted by atomic mass is 16.5. The zero-order valence-electron chi connectivity index (χ0n) is 15.8. The Morgan fingerprint density at radius 1 is 1.23 bits per heavy atom. The van der Waals surface area contributed by atoms with Crippen LogP contribution in [0, 0.1) is 0 Å². The first-order valence-corrected chi connectivity index (χ1v) is 8.49. The SMILES string of the molecule is CN=C(NCCNC(=O)c1cccc(OC)c1)N(C)Cc1cccn1C. The summed E-state index contributed by atoms with van der Waals surface area (Å²) in [5, 5.41) is 6.15. The number of aromatic nitrogens is 1. The van der Waals surface area contributed by atoms with E-state index in [1.54, 1.807) is 32.4 Å². The van der Waals surface area contributed by atoms with E-state index in [9.17, 15) is 4.79 Å². The van der Waals surface area contributed by atoms with Gasteiger partial charge in [-0.15, -0.1) is 0 Å². The molecule has 0 aliphatic carbocycles. The molecule has 0 saturated heterocycles. The molecule has 0 spiro atoms. The highest BCUT2D eigenvalue weighted by Crippen LogP contribution is 2.12. The monoisotopic (exact) mass is 357 g/mol. The fourth-order valence-electron chi connectivity index (χ4n) is 2.58. The molecule has 1 aromatic heterocycles. The fraction of sp³-hybridized carbons (Fsp3) is 0.368. The van der Waals surface area contributed by atoms with Gasteiger partial charge >= 0.3 is 0 Å². The normalized spacial score (nSPS) is 11.2. The maximum Gasteiger partial charge on any atom is 0.251 e. The van der Waals surface area contributed by atoms with Crippen molar-refractivity contribution in [2.24, 2.45) is 12.0 Å². The average Bonchev–Trinajstić information content (AvgIpc) is 3.06. The Kier molecular flexibility index (Phi) is 7.08. The summed E-state index contributed by atoms with van der Waals surface area (Å²) >= 11 is 0. The number of carbonyl (C=O) groups excluding carboxylic acids is 1. The molecule has 0 atom stereocenters. The van der Waals surface area contributed by atoms with Gasteiger partial charge in [0.15, 0.2) is 5.96 Å². The minimum atomic E-state index is -0.127. The van der Waals surface area contributed by atoms with E-state index < -0.39 is 0 Å². The molecule has 0 bridgehead atoms. The number of nitrogens with zero attached hydrogens (tertiary/aromatic N) is 3. The van der Waals surface area contributed by atoms with Crippen molar-refractivity contribution in [3.05, 3.63) is 53.9 Å². The summed E-state index contributed by atoms with van der Waals surface area (Å²) in [5.41, 5.74) is 1.77. The molecule has 1 heterocycles. The summed E-state index contributed by atoms with van der Waals surface area (Å²) < 4.78 is 7.22. The molecule has 7 nitrogen and oxygen atoms in total. The molecule has 26 heavy (non-hydrogen) atoms. The third kappa shape index (κ3) is 5.27. The predicted octanol–water partition coefficient (Wildman–Crippen LogP) is 1.47. The van der Waals surface area contributed by atoms with Crippen molar-refractivity contribution in [1.29, 1.82) is 0 Å². The second-order valence-corrected chi connectivity index (χ2v) is 5.93. The topological polar surface area (TPSA) is 70.9 Å². The molecule has 2 aromatic rings. The number of carbonyl (C=O) groups is 1. The third-order valence-corrected chi connectivity index (χ3v) is 4.05. The first-order chi connectivity index (χ1) is 12.5. The number of hydrogen-bond donors (Lipinski definition) is 2. The summed E-state index contributed by atoms with van der Waals surface area (Å²) in [7, 11) is 7.34. The molecule has 2 N–H and O–H groups in total. The molecule has 1 aromatic carbocycles. The molecule has 0 saturated carbocycles. The largest absolute Gasteiger partial charge is 0.497 e. The van der Waals surface area contributed by atoms with Crippen LogP contribution in [0.1, 0.15) is 16.1 Å². The lowest BCUT2D eigenvalue weighted by Gasteiger charge is -2.22. The maximum atomic E-state index is 12.2. The Balaban J connectivity index is 1.78. The smallest absolute Gasteiger partial charge is 0.251 e. The standard InChI is InChI=1S/C19H27N5O2/c1-20-19(24(3)14-16-8-6-12-23(16)2)22-11-10-21-18(25)15-7-5-9-17(13-15)26-4/h5-9,12-13H,10-11,14H2,1-4H3,(H,20,22)(H,21,25). The van der Waals surface area contributed by atoms with Gasteiger partial charge in [-0.05, 0) is 30.3 Å². The van der Waals surface area contributed by atoms with Crippen molar-refractivity contribution in [1.82, 2.24) is 20.1 Å². The van der Waals surface area contributed by atoms with Gasteiger partial charge in [-0.25, -0.2) is 0 Å². The molecule has 2 rings (SSSR count). The minimum Gasteiger partial charge on any atom is -0.497 e. The number of methoxy groups -OCH3 is 1. The average molecular weight is 357 g/mol. The van der Waals surface area contributed by atoms with Crippen LogP contribution in [0.15, 0.2) is 47.6 Å².